The summed E-state index contributed by atoms with van der Waals surface area (Å²) in [6, 6.07) is 22.9. The third-order valence-corrected chi connectivity index (χ3v) is 6.03. The van der Waals surface area contributed by atoms with Gasteiger partial charge < -0.3 is 9.47 Å². The zero-order valence-electron chi connectivity index (χ0n) is 15.9. The molecule has 6 heteroatoms. The molecular weight excluding hydrogens is 374 g/mol. The lowest BCUT2D eigenvalue weighted by atomic mass is 10.3. The van der Waals surface area contributed by atoms with Gasteiger partial charge in [0, 0.05) is 6.54 Å². The lowest BCUT2D eigenvalue weighted by molar-refractivity contribution is 0.340. The van der Waals surface area contributed by atoms with Crippen molar-refractivity contribution in [3.63, 3.8) is 0 Å². The van der Waals surface area contributed by atoms with E-state index in [1.807, 2.05) is 37.3 Å². The van der Waals surface area contributed by atoms with Gasteiger partial charge >= 0.3 is 0 Å². The number of benzene rings is 3. The van der Waals surface area contributed by atoms with E-state index in [1.54, 1.807) is 55.5 Å². The van der Waals surface area contributed by atoms with Gasteiger partial charge in [-0.3, -0.25) is 4.31 Å². The van der Waals surface area contributed by atoms with Crippen molar-refractivity contribution in [1.29, 1.82) is 0 Å². The van der Waals surface area contributed by atoms with E-state index < -0.39 is 10.0 Å². The summed E-state index contributed by atoms with van der Waals surface area (Å²) < 4.78 is 38.7. The van der Waals surface area contributed by atoms with E-state index in [0.29, 0.717) is 30.3 Å². The molecular formula is C22H23NO4S. The van der Waals surface area contributed by atoms with Crippen molar-refractivity contribution in [2.75, 3.05) is 17.5 Å². The number of hydrogen-bond acceptors (Lipinski definition) is 4. The largest absolute Gasteiger partial charge is 0.494 e. The molecule has 0 aliphatic heterocycles. The Bertz CT molecular complexity index is 985. The van der Waals surface area contributed by atoms with E-state index in [1.165, 1.54) is 4.31 Å². The van der Waals surface area contributed by atoms with E-state index in [2.05, 4.69) is 0 Å². The predicted molar refractivity (Wildman–Crippen MR) is 111 cm³/mol. The van der Waals surface area contributed by atoms with Crippen LogP contribution in [0.4, 0.5) is 5.69 Å². The second-order valence-electron chi connectivity index (χ2n) is 5.98. The molecule has 0 bridgehead atoms. The molecule has 3 aromatic rings. The summed E-state index contributed by atoms with van der Waals surface area (Å²) in [7, 11) is -3.67. The van der Waals surface area contributed by atoms with Crippen molar-refractivity contribution >= 4 is 15.7 Å². The first-order chi connectivity index (χ1) is 13.5. The smallest absolute Gasteiger partial charge is 0.264 e. The topological polar surface area (TPSA) is 55.8 Å². The maximum atomic E-state index is 13.1. The van der Waals surface area contributed by atoms with Crippen LogP contribution in [-0.4, -0.2) is 21.6 Å². The van der Waals surface area contributed by atoms with Crippen molar-refractivity contribution < 1.29 is 17.9 Å². The molecule has 0 saturated heterocycles. The molecule has 0 saturated carbocycles. The molecule has 0 spiro atoms. The van der Waals surface area contributed by atoms with Crippen LogP contribution in [0.2, 0.25) is 0 Å². The second-order valence-corrected chi connectivity index (χ2v) is 7.85. The molecule has 0 atom stereocenters. The van der Waals surface area contributed by atoms with Crippen LogP contribution in [0.15, 0.2) is 83.8 Å². The molecule has 0 aliphatic rings. The number of rotatable bonds is 8. The normalized spacial score (nSPS) is 11.1. The van der Waals surface area contributed by atoms with E-state index in [9.17, 15) is 8.42 Å². The fraction of sp³-hybridized carbons (Fsp3) is 0.182. The Morgan fingerprint density at radius 1 is 0.750 bits per heavy atom. The Hall–Kier alpha value is -2.99. The zero-order chi connectivity index (χ0) is 20.0. The van der Waals surface area contributed by atoms with Gasteiger partial charge in [-0.2, -0.15) is 0 Å². The quantitative estimate of drug-likeness (QED) is 0.531. The van der Waals surface area contributed by atoms with E-state index in [-0.39, 0.29) is 4.90 Å². The number of nitrogens with zero attached hydrogens (tertiary/aromatic N) is 1. The molecule has 28 heavy (non-hydrogen) atoms. The van der Waals surface area contributed by atoms with Crippen LogP contribution < -0.4 is 13.8 Å². The minimum Gasteiger partial charge on any atom is -0.494 e. The maximum Gasteiger partial charge on any atom is 0.264 e. The molecule has 0 amide bonds. The highest BCUT2D eigenvalue weighted by molar-refractivity contribution is 7.92. The second kappa shape index (κ2) is 8.80. The van der Waals surface area contributed by atoms with Crippen LogP contribution in [0.1, 0.15) is 13.8 Å². The van der Waals surface area contributed by atoms with Crippen LogP contribution in [0, 0.1) is 0 Å². The van der Waals surface area contributed by atoms with Gasteiger partial charge in [-0.05, 0) is 74.5 Å². The number of ether oxygens (including phenoxy) is 2. The standard InChI is InChI=1S/C22H23NO4S/c1-3-23(28(24,25)22-16-14-19(15-17-22)26-4-2)18-10-12-21(13-11-18)27-20-8-6-5-7-9-20/h5-17H,3-4H2,1-2H3. The van der Waals surface area contributed by atoms with Gasteiger partial charge in [0.15, 0.2) is 0 Å². The third-order valence-electron chi connectivity index (χ3n) is 4.11. The van der Waals surface area contributed by atoms with E-state index in [4.69, 9.17) is 9.47 Å². The summed E-state index contributed by atoms with van der Waals surface area (Å²) in [6.45, 7) is 4.54. The van der Waals surface area contributed by atoms with Gasteiger partial charge in [-0.15, -0.1) is 0 Å². The van der Waals surface area contributed by atoms with Crippen molar-refractivity contribution in [3.05, 3.63) is 78.9 Å². The fourth-order valence-corrected chi connectivity index (χ4v) is 4.27. The molecule has 0 aliphatic carbocycles. The highest BCUT2D eigenvalue weighted by atomic mass is 32.2. The SMILES string of the molecule is CCOc1ccc(S(=O)(=O)N(CC)c2ccc(Oc3ccccc3)cc2)cc1. The van der Waals surface area contributed by atoms with Crippen LogP contribution in [-0.2, 0) is 10.0 Å². The highest BCUT2D eigenvalue weighted by Gasteiger charge is 2.23. The molecule has 0 N–H and O–H groups in total. The van der Waals surface area contributed by atoms with Crippen molar-refractivity contribution in [3.8, 4) is 17.2 Å². The maximum absolute atomic E-state index is 13.1. The van der Waals surface area contributed by atoms with Gasteiger partial charge in [0.05, 0.1) is 17.2 Å². The fourth-order valence-electron chi connectivity index (χ4n) is 2.80. The van der Waals surface area contributed by atoms with Gasteiger partial charge in [0.2, 0.25) is 0 Å². The Labute approximate surface area is 166 Å². The molecule has 0 aromatic heterocycles. The zero-order valence-corrected chi connectivity index (χ0v) is 16.7. The van der Waals surface area contributed by atoms with Gasteiger partial charge in [0.25, 0.3) is 10.0 Å². The first-order valence-electron chi connectivity index (χ1n) is 9.13. The first kappa shape index (κ1) is 19.8. The van der Waals surface area contributed by atoms with Crippen LogP contribution in [0.25, 0.3) is 0 Å². The molecule has 3 aromatic carbocycles. The van der Waals surface area contributed by atoms with Gasteiger partial charge in [-0.25, -0.2) is 8.42 Å². The summed E-state index contributed by atoms with van der Waals surface area (Å²) in [5, 5.41) is 0. The summed E-state index contributed by atoms with van der Waals surface area (Å²) in [5.41, 5.74) is 0.580. The van der Waals surface area contributed by atoms with E-state index >= 15 is 0 Å². The highest BCUT2D eigenvalue weighted by Crippen LogP contribution is 2.28. The molecule has 5 nitrogen and oxygen atoms in total. The molecule has 0 heterocycles. The number of hydrogen-bond donors (Lipinski definition) is 0. The molecule has 146 valence electrons. The van der Waals surface area contributed by atoms with Crippen molar-refractivity contribution in [2.24, 2.45) is 0 Å². The Morgan fingerprint density at radius 2 is 1.32 bits per heavy atom. The van der Waals surface area contributed by atoms with Crippen molar-refractivity contribution in [1.82, 2.24) is 0 Å². The lowest BCUT2D eigenvalue weighted by Gasteiger charge is -2.23. The predicted octanol–water partition coefficient (Wildman–Crippen LogP) is 5.09. The Kier molecular flexibility index (Phi) is 6.21. The minimum atomic E-state index is -3.67. The molecule has 3 rings (SSSR count). The monoisotopic (exact) mass is 397 g/mol. The number of sulfonamides is 1. The average Bonchev–Trinajstić information content (AvgIpc) is 2.71. The number of anilines is 1. The Balaban J connectivity index is 1.81. The third kappa shape index (κ3) is 4.46. The van der Waals surface area contributed by atoms with Gasteiger partial charge in [0.1, 0.15) is 17.2 Å². The van der Waals surface area contributed by atoms with Crippen LogP contribution in [0.3, 0.4) is 0 Å². The number of para-hydroxylation sites is 1. The lowest BCUT2D eigenvalue weighted by Crippen LogP contribution is -2.30. The minimum absolute atomic E-state index is 0.224. The molecule has 0 fully saturated rings. The average molecular weight is 397 g/mol. The molecule has 0 unspecified atom stereocenters. The molecule has 0 radical (unpaired) electrons. The van der Waals surface area contributed by atoms with Crippen molar-refractivity contribution in [2.45, 2.75) is 18.7 Å². The van der Waals surface area contributed by atoms with Crippen LogP contribution in [0.5, 0.6) is 17.2 Å². The summed E-state index contributed by atoms with van der Waals surface area (Å²) >= 11 is 0. The first-order valence-corrected chi connectivity index (χ1v) is 10.6. The summed E-state index contributed by atoms with van der Waals surface area (Å²) in [4.78, 5) is 0.224. The van der Waals surface area contributed by atoms with Crippen LogP contribution >= 0.6 is 0 Å². The summed E-state index contributed by atoms with van der Waals surface area (Å²) in [6.07, 6.45) is 0. The van der Waals surface area contributed by atoms with E-state index in [0.717, 1.165) is 5.75 Å². The Morgan fingerprint density at radius 3 is 1.89 bits per heavy atom. The summed E-state index contributed by atoms with van der Waals surface area (Å²) in [5.74, 6) is 2.01. The van der Waals surface area contributed by atoms with Gasteiger partial charge in [-0.1, -0.05) is 18.2 Å².